The third-order valence-corrected chi connectivity index (χ3v) is 2.86. The molecule has 0 aliphatic carbocycles. The predicted molar refractivity (Wildman–Crippen MR) is 68.6 cm³/mol. The zero-order valence-corrected chi connectivity index (χ0v) is 9.34. The lowest BCUT2D eigenvalue weighted by Gasteiger charge is -2.23. The summed E-state index contributed by atoms with van der Waals surface area (Å²) in [5.74, 6) is 2.63. The maximum absolute atomic E-state index is 11.5. The molecule has 0 saturated heterocycles. The highest BCUT2D eigenvalue weighted by atomic mass is 16.1. The van der Waals surface area contributed by atoms with Crippen molar-refractivity contribution in [1.82, 2.24) is 0 Å². The summed E-state index contributed by atoms with van der Waals surface area (Å²) in [7, 11) is 0. The molecule has 0 fully saturated rings. The summed E-state index contributed by atoms with van der Waals surface area (Å²) < 4.78 is 0. The summed E-state index contributed by atoms with van der Waals surface area (Å²) in [5, 5.41) is 0. The molecule has 0 atom stereocenters. The molecular formula is C16H12O. The van der Waals surface area contributed by atoms with Crippen LogP contribution in [0, 0.1) is 12.3 Å². The summed E-state index contributed by atoms with van der Waals surface area (Å²) in [6.45, 7) is 0. The highest BCUT2D eigenvalue weighted by Crippen LogP contribution is 2.29. The average molecular weight is 220 g/mol. The smallest absolute Gasteiger partial charge is 0.147 e. The van der Waals surface area contributed by atoms with Gasteiger partial charge in [0.25, 0.3) is 0 Å². The van der Waals surface area contributed by atoms with Crippen LogP contribution in [0.15, 0.2) is 60.7 Å². The zero-order chi connectivity index (χ0) is 12.1. The van der Waals surface area contributed by atoms with Gasteiger partial charge in [0, 0.05) is 0 Å². The van der Waals surface area contributed by atoms with Gasteiger partial charge < -0.3 is 4.79 Å². The van der Waals surface area contributed by atoms with Crippen LogP contribution in [-0.2, 0) is 10.2 Å². The zero-order valence-electron chi connectivity index (χ0n) is 9.34. The summed E-state index contributed by atoms with van der Waals surface area (Å²) in [4.78, 5) is 11.5. The van der Waals surface area contributed by atoms with Crippen LogP contribution in [0.3, 0.4) is 0 Å². The Balaban J connectivity index is 2.64. The molecule has 0 aromatic heterocycles. The average Bonchev–Trinajstić information content (AvgIpc) is 2.43. The Labute approximate surface area is 101 Å². The van der Waals surface area contributed by atoms with Gasteiger partial charge in [-0.1, -0.05) is 66.6 Å². The molecular weight excluding hydrogens is 208 g/mol. The molecule has 0 saturated carbocycles. The highest BCUT2D eigenvalue weighted by Gasteiger charge is 2.31. The molecule has 0 aliphatic heterocycles. The first-order chi connectivity index (χ1) is 8.33. The topological polar surface area (TPSA) is 17.1 Å². The second-order valence-electron chi connectivity index (χ2n) is 3.80. The Bertz CT molecular complexity index is 495. The first kappa shape index (κ1) is 11.2. The summed E-state index contributed by atoms with van der Waals surface area (Å²) in [5.41, 5.74) is 0.662. The lowest BCUT2D eigenvalue weighted by atomic mass is 9.76. The van der Waals surface area contributed by atoms with E-state index in [1.165, 1.54) is 0 Å². The molecule has 0 radical (unpaired) electrons. The Morgan fingerprint density at radius 1 is 0.882 bits per heavy atom. The molecule has 0 amide bonds. The number of rotatable bonds is 3. The van der Waals surface area contributed by atoms with Crippen LogP contribution in [0.4, 0.5) is 0 Å². The highest BCUT2D eigenvalue weighted by molar-refractivity contribution is 5.80. The SMILES string of the molecule is C#CC(C=O)(c1ccccc1)c1ccccc1. The second kappa shape index (κ2) is 4.67. The first-order valence-corrected chi connectivity index (χ1v) is 5.38. The van der Waals surface area contributed by atoms with Crippen LogP contribution in [0.25, 0.3) is 0 Å². The molecule has 0 aliphatic rings. The fourth-order valence-corrected chi connectivity index (χ4v) is 1.91. The minimum Gasteiger partial charge on any atom is -0.301 e. The summed E-state index contributed by atoms with van der Waals surface area (Å²) in [6.07, 6.45) is 6.43. The maximum atomic E-state index is 11.5. The molecule has 2 aromatic carbocycles. The van der Waals surface area contributed by atoms with Crippen LogP contribution in [0.1, 0.15) is 11.1 Å². The number of carbonyl (C=O) groups is 1. The van der Waals surface area contributed by atoms with Crippen LogP contribution >= 0.6 is 0 Å². The summed E-state index contributed by atoms with van der Waals surface area (Å²) >= 11 is 0. The van der Waals surface area contributed by atoms with Crippen molar-refractivity contribution in [2.75, 3.05) is 0 Å². The van der Waals surface area contributed by atoms with Gasteiger partial charge in [0.15, 0.2) is 0 Å². The first-order valence-electron chi connectivity index (χ1n) is 5.38. The van der Waals surface area contributed by atoms with E-state index in [0.29, 0.717) is 0 Å². The van der Waals surface area contributed by atoms with Crippen LogP contribution in [-0.4, -0.2) is 6.29 Å². The third-order valence-electron chi connectivity index (χ3n) is 2.86. The summed E-state index contributed by atoms with van der Waals surface area (Å²) in [6, 6.07) is 18.8. The van der Waals surface area contributed by atoms with Gasteiger partial charge in [0.2, 0.25) is 0 Å². The van der Waals surface area contributed by atoms with Crippen LogP contribution in [0.5, 0.6) is 0 Å². The third kappa shape index (κ3) is 1.86. The van der Waals surface area contributed by atoms with Crippen molar-refractivity contribution < 1.29 is 4.79 Å². The minimum atomic E-state index is -0.984. The van der Waals surface area contributed by atoms with Crippen molar-refractivity contribution in [2.45, 2.75) is 5.41 Å². The standard InChI is InChI=1S/C16H12O/c1-2-16(13-17,14-9-5-3-6-10-14)15-11-7-4-8-12-15/h1,3-13H. The fraction of sp³-hybridized carbons (Fsp3) is 0.0625. The lowest BCUT2D eigenvalue weighted by Crippen LogP contribution is -2.27. The number of terminal acetylenes is 1. The molecule has 1 heteroatoms. The van der Waals surface area contributed by atoms with Gasteiger partial charge in [0.05, 0.1) is 0 Å². The maximum Gasteiger partial charge on any atom is 0.147 e. The van der Waals surface area contributed by atoms with Gasteiger partial charge in [-0.05, 0) is 11.1 Å². The van der Waals surface area contributed by atoms with Gasteiger partial charge in [-0.25, -0.2) is 0 Å². The van der Waals surface area contributed by atoms with Gasteiger partial charge >= 0.3 is 0 Å². The van der Waals surface area contributed by atoms with Crippen molar-refractivity contribution in [2.24, 2.45) is 0 Å². The molecule has 0 bridgehead atoms. The Hall–Kier alpha value is -2.33. The molecule has 2 aromatic rings. The predicted octanol–water partition coefficient (Wildman–Crippen LogP) is 2.80. The van der Waals surface area contributed by atoms with E-state index in [0.717, 1.165) is 17.4 Å². The normalized spacial score (nSPS) is 10.5. The molecule has 0 heterocycles. The lowest BCUT2D eigenvalue weighted by molar-refractivity contribution is -0.109. The largest absolute Gasteiger partial charge is 0.301 e. The van der Waals surface area contributed by atoms with Gasteiger partial charge in [-0.3, -0.25) is 0 Å². The molecule has 1 nitrogen and oxygen atoms in total. The number of hydrogen-bond acceptors (Lipinski definition) is 1. The second-order valence-corrected chi connectivity index (χ2v) is 3.80. The Morgan fingerprint density at radius 2 is 1.29 bits per heavy atom. The van der Waals surface area contributed by atoms with E-state index in [-0.39, 0.29) is 0 Å². The van der Waals surface area contributed by atoms with E-state index < -0.39 is 5.41 Å². The Morgan fingerprint density at radius 3 is 1.59 bits per heavy atom. The van der Waals surface area contributed by atoms with Crippen molar-refractivity contribution in [3.05, 3.63) is 71.8 Å². The number of hydrogen-bond donors (Lipinski definition) is 0. The fourth-order valence-electron chi connectivity index (χ4n) is 1.91. The number of benzene rings is 2. The van der Waals surface area contributed by atoms with Crippen LogP contribution in [0.2, 0.25) is 0 Å². The van der Waals surface area contributed by atoms with E-state index in [1.54, 1.807) is 0 Å². The molecule has 17 heavy (non-hydrogen) atoms. The van der Waals surface area contributed by atoms with Crippen LogP contribution < -0.4 is 0 Å². The van der Waals surface area contributed by atoms with Gasteiger partial charge in [-0.15, -0.1) is 6.42 Å². The number of carbonyl (C=O) groups excluding carboxylic acids is 1. The molecule has 2 rings (SSSR count). The van der Waals surface area contributed by atoms with Gasteiger partial charge in [0.1, 0.15) is 11.7 Å². The van der Waals surface area contributed by atoms with E-state index in [2.05, 4.69) is 5.92 Å². The van der Waals surface area contributed by atoms with E-state index in [4.69, 9.17) is 6.42 Å². The molecule has 0 spiro atoms. The van der Waals surface area contributed by atoms with Crippen molar-refractivity contribution in [3.8, 4) is 12.3 Å². The molecule has 82 valence electrons. The molecule has 0 N–H and O–H groups in total. The monoisotopic (exact) mass is 220 g/mol. The quantitative estimate of drug-likeness (QED) is 0.574. The van der Waals surface area contributed by atoms with E-state index >= 15 is 0 Å². The Kier molecular flexibility index (Phi) is 3.07. The molecule has 0 unspecified atom stereocenters. The van der Waals surface area contributed by atoms with Crippen molar-refractivity contribution in [1.29, 1.82) is 0 Å². The van der Waals surface area contributed by atoms with Crippen molar-refractivity contribution >= 4 is 6.29 Å². The minimum absolute atomic E-state index is 0.823. The number of aldehydes is 1. The van der Waals surface area contributed by atoms with E-state index in [9.17, 15) is 4.79 Å². The van der Waals surface area contributed by atoms with E-state index in [1.807, 2.05) is 60.7 Å². The van der Waals surface area contributed by atoms with Gasteiger partial charge in [-0.2, -0.15) is 0 Å². The van der Waals surface area contributed by atoms with Crippen molar-refractivity contribution in [3.63, 3.8) is 0 Å².